The SMILES string of the molecule is Cc1ccc(CSCC(=O)NCc2ccc(CN(C)C)cc2)cc1. The molecule has 2 aromatic carbocycles. The summed E-state index contributed by atoms with van der Waals surface area (Å²) >= 11 is 1.65. The Morgan fingerprint density at radius 1 is 0.958 bits per heavy atom. The summed E-state index contributed by atoms with van der Waals surface area (Å²) in [6.45, 7) is 3.60. The smallest absolute Gasteiger partial charge is 0.230 e. The molecule has 0 aliphatic heterocycles. The molecule has 0 fully saturated rings. The number of benzene rings is 2. The number of nitrogens with one attached hydrogen (secondary N) is 1. The zero-order valence-corrected chi connectivity index (χ0v) is 15.5. The van der Waals surface area contributed by atoms with Crippen LogP contribution >= 0.6 is 11.8 Å². The summed E-state index contributed by atoms with van der Waals surface area (Å²) in [5, 5.41) is 2.98. The van der Waals surface area contributed by atoms with E-state index in [0.29, 0.717) is 12.3 Å². The van der Waals surface area contributed by atoms with Crippen LogP contribution in [0, 0.1) is 6.92 Å². The van der Waals surface area contributed by atoms with Gasteiger partial charge in [-0.15, -0.1) is 11.8 Å². The number of carbonyl (C=O) groups is 1. The molecule has 0 aliphatic rings. The summed E-state index contributed by atoms with van der Waals surface area (Å²) in [5.41, 5.74) is 4.94. The zero-order valence-electron chi connectivity index (χ0n) is 14.7. The molecule has 0 heterocycles. The van der Waals surface area contributed by atoms with Crippen molar-refractivity contribution >= 4 is 17.7 Å². The number of thioether (sulfide) groups is 1. The molecule has 0 saturated carbocycles. The van der Waals surface area contributed by atoms with E-state index in [4.69, 9.17) is 0 Å². The van der Waals surface area contributed by atoms with Gasteiger partial charge < -0.3 is 10.2 Å². The molecular formula is C20H26N2OS. The molecule has 2 rings (SSSR count). The van der Waals surface area contributed by atoms with E-state index in [9.17, 15) is 4.79 Å². The Kier molecular flexibility index (Phi) is 7.35. The van der Waals surface area contributed by atoms with Crippen molar-refractivity contribution in [2.24, 2.45) is 0 Å². The third-order valence-electron chi connectivity index (χ3n) is 3.63. The van der Waals surface area contributed by atoms with E-state index in [1.54, 1.807) is 11.8 Å². The van der Waals surface area contributed by atoms with Crippen molar-refractivity contribution in [3.05, 3.63) is 70.8 Å². The lowest BCUT2D eigenvalue weighted by atomic mass is 10.1. The highest BCUT2D eigenvalue weighted by atomic mass is 32.2. The summed E-state index contributed by atoms with van der Waals surface area (Å²) in [7, 11) is 4.12. The predicted molar refractivity (Wildman–Crippen MR) is 103 cm³/mol. The summed E-state index contributed by atoms with van der Waals surface area (Å²) in [4.78, 5) is 14.1. The number of amides is 1. The first-order valence-corrected chi connectivity index (χ1v) is 9.31. The fraction of sp³-hybridized carbons (Fsp3) is 0.350. The lowest BCUT2D eigenvalue weighted by molar-refractivity contribution is -0.118. The second-order valence-electron chi connectivity index (χ2n) is 6.31. The van der Waals surface area contributed by atoms with Gasteiger partial charge >= 0.3 is 0 Å². The van der Waals surface area contributed by atoms with E-state index < -0.39 is 0 Å². The van der Waals surface area contributed by atoms with Gasteiger partial charge in [-0.05, 0) is 37.7 Å². The second-order valence-corrected chi connectivity index (χ2v) is 7.30. The maximum Gasteiger partial charge on any atom is 0.230 e. The van der Waals surface area contributed by atoms with Crippen molar-refractivity contribution in [3.8, 4) is 0 Å². The van der Waals surface area contributed by atoms with E-state index in [1.165, 1.54) is 16.7 Å². The molecule has 0 atom stereocenters. The molecule has 0 saturated heterocycles. The molecule has 3 nitrogen and oxygen atoms in total. The molecule has 128 valence electrons. The third-order valence-corrected chi connectivity index (χ3v) is 4.64. The van der Waals surface area contributed by atoms with Crippen LogP contribution in [-0.4, -0.2) is 30.7 Å². The minimum Gasteiger partial charge on any atom is -0.351 e. The number of nitrogens with zero attached hydrogens (tertiary/aromatic N) is 1. The lowest BCUT2D eigenvalue weighted by Crippen LogP contribution is -2.24. The van der Waals surface area contributed by atoms with Crippen molar-refractivity contribution in [3.63, 3.8) is 0 Å². The van der Waals surface area contributed by atoms with Crippen LogP contribution in [-0.2, 0) is 23.6 Å². The first kappa shape index (κ1) is 18.6. The van der Waals surface area contributed by atoms with E-state index in [2.05, 4.69) is 79.8 Å². The van der Waals surface area contributed by atoms with Crippen LogP contribution in [0.25, 0.3) is 0 Å². The van der Waals surface area contributed by atoms with Crippen molar-refractivity contribution in [1.82, 2.24) is 10.2 Å². The second kappa shape index (κ2) is 9.50. The molecule has 0 aromatic heterocycles. The Balaban J connectivity index is 1.68. The Labute approximate surface area is 149 Å². The van der Waals surface area contributed by atoms with Gasteiger partial charge in [-0.2, -0.15) is 0 Å². The maximum atomic E-state index is 11.9. The van der Waals surface area contributed by atoms with E-state index in [-0.39, 0.29) is 5.91 Å². The van der Waals surface area contributed by atoms with Gasteiger partial charge in [0.15, 0.2) is 0 Å². The largest absolute Gasteiger partial charge is 0.351 e. The Morgan fingerprint density at radius 3 is 2.17 bits per heavy atom. The van der Waals surface area contributed by atoms with Crippen LogP contribution in [0.3, 0.4) is 0 Å². The van der Waals surface area contributed by atoms with Crippen molar-refractivity contribution in [1.29, 1.82) is 0 Å². The molecule has 0 bridgehead atoms. The molecule has 0 spiro atoms. The minimum absolute atomic E-state index is 0.0875. The van der Waals surface area contributed by atoms with Gasteiger partial charge in [-0.25, -0.2) is 0 Å². The molecule has 2 aromatic rings. The van der Waals surface area contributed by atoms with Crippen LogP contribution in [0.2, 0.25) is 0 Å². The third kappa shape index (κ3) is 6.77. The van der Waals surface area contributed by atoms with Gasteiger partial charge in [-0.3, -0.25) is 4.79 Å². The number of hydrogen-bond acceptors (Lipinski definition) is 3. The van der Waals surface area contributed by atoms with Crippen LogP contribution in [0.1, 0.15) is 22.3 Å². The topological polar surface area (TPSA) is 32.3 Å². The fourth-order valence-electron chi connectivity index (χ4n) is 2.33. The molecule has 0 unspecified atom stereocenters. The zero-order chi connectivity index (χ0) is 17.4. The van der Waals surface area contributed by atoms with E-state index >= 15 is 0 Å². The Hall–Kier alpha value is -1.78. The first-order chi connectivity index (χ1) is 11.5. The van der Waals surface area contributed by atoms with Gasteiger partial charge in [0, 0.05) is 18.8 Å². The maximum absolute atomic E-state index is 11.9. The van der Waals surface area contributed by atoms with Gasteiger partial charge in [0.1, 0.15) is 0 Å². The highest BCUT2D eigenvalue weighted by molar-refractivity contribution is 7.99. The van der Waals surface area contributed by atoms with Crippen LogP contribution in [0.5, 0.6) is 0 Å². The summed E-state index contributed by atoms with van der Waals surface area (Å²) in [5.74, 6) is 1.45. The van der Waals surface area contributed by atoms with Gasteiger partial charge in [0.25, 0.3) is 0 Å². The highest BCUT2D eigenvalue weighted by Crippen LogP contribution is 2.13. The lowest BCUT2D eigenvalue weighted by Gasteiger charge is -2.10. The van der Waals surface area contributed by atoms with Crippen LogP contribution in [0.15, 0.2) is 48.5 Å². The summed E-state index contributed by atoms with van der Waals surface area (Å²) < 4.78 is 0. The van der Waals surface area contributed by atoms with Crippen molar-refractivity contribution in [2.75, 3.05) is 19.8 Å². The Morgan fingerprint density at radius 2 is 1.54 bits per heavy atom. The quantitative estimate of drug-likeness (QED) is 0.795. The number of hydrogen-bond donors (Lipinski definition) is 1. The van der Waals surface area contributed by atoms with Crippen LogP contribution < -0.4 is 5.32 Å². The van der Waals surface area contributed by atoms with Crippen molar-refractivity contribution < 1.29 is 4.79 Å². The monoisotopic (exact) mass is 342 g/mol. The predicted octanol–water partition coefficient (Wildman–Crippen LogP) is 3.61. The molecule has 1 amide bonds. The molecule has 1 N–H and O–H groups in total. The Bertz CT molecular complexity index is 636. The van der Waals surface area contributed by atoms with E-state index in [1.807, 2.05) is 0 Å². The number of aryl methyl sites for hydroxylation is 1. The van der Waals surface area contributed by atoms with E-state index in [0.717, 1.165) is 17.9 Å². The fourth-order valence-corrected chi connectivity index (χ4v) is 3.14. The first-order valence-electron chi connectivity index (χ1n) is 8.15. The van der Waals surface area contributed by atoms with Gasteiger partial charge in [0.05, 0.1) is 5.75 Å². The summed E-state index contributed by atoms with van der Waals surface area (Å²) in [6.07, 6.45) is 0. The molecule has 0 aliphatic carbocycles. The van der Waals surface area contributed by atoms with Gasteiger partial charge in [-0.1, -0.05) is 54.1 Å². The molecule has 24 heavy (non-hydrogen) atoms. The normalized spacial score (nSPS) is 10.8. The van der Waals surface area contributed by atoms with Crippen LogP contribution in [0.4, 0.5) is 0 Å². The van der Waals surface area contributed by atoms with Crippen molar-refractivity contribution in [2.45, 2.75) is 25.8 Å². The van der Waals surface area contributed by atoms with Gasteiger partial charge in [0.2, 0.25) is 5.91 Å². The molecular weight excluding hydrogens is 316 g/mol. The molecule has 0 radical (unpaired) electrons. The average Bonchev–Trinajstić information content (AvgIpc) is 2.55. The standard InChI is InChI=1S/C20H26N2OS/c1-16-4-6-19(7-5-16)14-24-15-20(23)21-12-17-8-10-18(11-9-17)13-22(2)3/h4-11H,12-15H2,1-3H3,(H,21,23). The highest BCUT2D eigenvalue weighted by Gasteiger charge is 2.03. The number of rotatable bonds is 8. The number of carbonyl (C=O) groups excluding carboxylic acids is 1. The summed E-state index contributed by atoms with van der Waals surface area (Å²) in [6, 6.07) is 16.9. The average molecular weight is 343 g/mol. The molecule has 4 heteroatoms. The minimum atomic E-state index is 0.0875.